The van der Waals surface area contributed by atoms with E-state index in [0.29, 0.717) is 4.91 Å². The van der Waals surface area contributed by atoms with Gasteiger partial charge >= 0.3 is 0 Å². The fraction of sp³-hybridized carbons (Fsp3) is 0.143. The van der Waals surface area contributed by atoms with Gasteiger partial charge in [0, 0.05) is 17.2 Å². The second-order valence-electron chi connectivity index (χ2n) is 4.28. The first-order valence-electron chi connectivity index (χ1n) is 5.83. The number of hydrogen-bond acceptors (Lipinski definition) is 4. The number of nitrogens with zero attached hydrogens (tertiary/aromatic N) is 1. The lowest BCUT2D eigenvalue weighted by molar-refractivity contribution is -0.121. The van der Waals surface area contributed by atoms with E-state index in [1.54, 1.807) is 12.3 Å². The van der Waals surface area contributed by atoms with Crippen molar-refractivity contribution >= 4 is 50.6 Å². The molecule has 0 saturated carbocycles. The monoisotopic (exact) mass is 352 g/mol. The topological polar surface area (TPSA) is 49.4 Å². The molecule has 0 aromatic heterocycles. The Balaban J connectivity index is 2.40. The molecule has 0 atom stereocenters. The summed E-state index contributed by atoms with van der Waals surface area (Å²) in [5.41, 5.74) is 2.82. The number of halogens is 1. The maximum Gasteiger partial charge on any atom is 0.293 e. The lowest BCUT2D eigenvalue weighted by Crippen LogP contribution is -2.22. The summed E-state index contributed by atoms with van der Waals surface area (Å²) in [6, 6.07) is 3.86. The molecular weight excluding hydrogens is 340 g/mol. The zero-order chi connectivity index (χ0) is 14.9. The van der Waals surface area contributed by atoms with Crippen LogP contribution in [0, 0.1) is 6.92 Å². The number of likely N-dealkylation sites (N-methyl/N-ethyl adjacent to an activating group) is 1. The van der Waals surface area contributed by atoms with Gasteiger partial charge in [-0.05, 0) is 54.2 Å². The van der Waals surface area contributed by atoms with Crippen molar-refractivity contribution in [2.24, 2.45) is 0 Å². The van der Waals surface area contributed by atoms with Crippen molar-refractivity contribution in [3.05, 3.63) is 45.4 Å². The van der Waals surface area contributed by atoms with E-state index in [1.165, 1.54) is 7.05 Å². The SMILES string of the molecule is C=CNc1cc(Br)c(/C=C2\SC(=O)N(C)C2=O)cc1C. The number of rotatable bonds is 3. The summed E-state index contributed by atoms with van der Waals surface area (Å²) in [6.45, 7) is 5.59. The van der Waals surface area contributed by atoms with Gasteiger partial charge in [-0.1, -0.05) is 22.5 Å². The molecule has 0 aliphatic carbocycles. The minimum atomic E-state index is -0.266. The average Bonchev–Trinajstić information content (AvgIpc) is 2.63. The molecule has 2 amide bonds. The number of nitrogens with one attached hydrogen (secondary N) is 1. The summed E-state index contributed by atoms with van der Waals surface area (Å²) in [5, 5.41) is 2.79. The van der Waals surface area contributed by atoms with Crippen LogP contribution in [-0.4, -0.2) is 23.1 Å². The maximum absolute atomic E-state index is 11.9. The van der Waals surface area contributed by atoms with Crippen LogP contribution in [0.15, 0.2) is 34.3 Å². The van der Waals surface area contributed by atoms with Crippen LogP contribution in [0.4, 0.5) is 10.5 Å². The highest BCUT2D eigenvalue weighted by Gasteiger charge is 2.31. The van der Waals surface area contributed by atoms with Crippen molar-refractivity contribution in [3.63, 3.8) is 0 Å². The highest BCUT2D eigenvalue weighted by molar-refractivity contribution is 9.10. The Hall–Kier alpha value is -1.53. The van der Waals surface area contributed by atoms with Gasteiger partial charge in [-0.2, -0.15) is 0 Å². The summed E-state index contributed by atoms with van der Waals surface area (Å²) < 4.78 is 0.843. The first-order valence-corrected chi connectivity index (χ1v) is 7.44. The van der Waals surface area contributed by atoms with Crippen LogP contribution in [0.5, 0.6) is 0 Å². The van der Waals surface area contributed by atoms with Crippen LogP contribution in [0.1, 0.15) is 11.1 Å². The molecule has 0 unspecified atom stereocenters. The number of amides is 2. The van der Waals surface area contributed by atoms with E-state index >= 15 is 0 Å². The Morgan fingerprint density at radius 1 is 1.40 bits per heavy atom. The fourth-order valence-electron chi connectivity index (χ4n) is 1.77. The van der Waals surface area contributed by atoms with E-state index in [9.17, 15) is 9.59 Å². The molecule has 1 heterocycles. The molecule has 104 valence electrons. The summed E-state index contributed by atoms with van der Waals surface area (Å²) in [7, 11) is 1.48. The number of aryl methyl sites for hydroxylation is 1. The van der Waals surface area contributed by atoms with Gasteiger partial charge in [-0.25, -0.2) is 0 Å². The third kappa shape index (κ3) is 2.81. The fourth-order valence-corrected chi connectivity index (χ4v) is 3.04. The van der Waals surface area contributed by atoms with Gasteiger partial charge in [-0.3, -0.25) is 14.5 Å². The molecule has 2 rings (SSSR count). The molecular formula is C14H13BrN2O2S. The van der Waals surface area contributed by atoms with E-state index in [2.05, 4.69) is 27.8 Å². The third-order valence-electron chi connectivity index (χ3n) is 2.87. The highest BCUT2D eigenvalue weighted by atomic mass is 79.9. The van der Waals surface area contributed by atoms with E-state index in [4.69, 9.17) is 0 Å². The molecule has 1 aromatic rings. The normalized spacial score (nSPS) is 16.9. The maximum atomic E-state index is 11.9. The van der Waals surface area contributed by atoms with Crippen LogP contribution >= 0.6 is 27.7 Å². The molecule has 1 N–H and O–H groups in total. The molecule has 1 saturated heterocycles. The second kappa shape index (κ2) is 5.85. The number of anilines is 1. The largest absolute Gasteiger partial charge is 0.362 e. The number of thioether (sulfide) groups is 1. The number of carbonyl (C=O) groups excluding carboxylic acids is 2. The summed E-state index contributed by atoms with van der Waals surface area (Å²) in [5.74, 6) is -0.266. The standard InChI is InChI=1S/C14H13BrN2O2S/c1-4-16-11-7-10(15)9(5-8(11)2)6-12-13(18)17(3)14(19)20-12/h4-7,16H,1H2,2-3H3/b12-6-. The Bertz CT molecular complexity index is 640. The number of hydrogen-bond donors (Lipinski definition) is 1. The molecule has 1 aliphatic rings. The number of benzene rings is 1. The zero-order valence-electron chi connectivity index (χ0n) is 11.1. The molecule has 4 nitrogen and oxygen atoms in total. The molecule has 1 aromatic carbocycles. The van der Waals surface area contributed by atoms with Gasteiger partial charge < -0.3 is 5.32 Å². The molecule has 0 bridgehead atoms. The average molecular weight is 353 g/mol. The smallest absolute Gasteiger partial charge is 0.293 e. The van der Waals surface area contributed by atoms with Crippen molar-refractivity contribution in [2.45, 2.75) is 6.92 Å². The Morgan fingerprint density at radius 2 is 2.10 bits per heavy atom. The predicted molar refractivity (Wildman–Crippen MR) is 86.4 cm³/mol. The Kier molecular flexibility index (Phi) is 4.35. The first kappa shape index (κ1) is 14.9. The number of carbonyl (C=O) groups is 2. The van der Waals surface area contributed by atoms with Gasteiger partial charge in [0.1, 0.15) is 0 Å². The van der Waals surface area contributed by atoms with Gasteiger partial charge in [0.15, 0.2) is 0 Å². The molecule has 1 fully saturated rings. The van der Waals surface area contributed by atoms with E-state index in [-0.39, 0.29) is 11.1 Å². The van der Waals surface area contributed by atoms with Crippen LogP contribution in [0.3, 0.4) is 0 Å². The quantitative estimate of drug-likeness (QED) is 0.836. The van der Waals surface area contributed by atoms with E-state index < -0.39 is 0 Å². The van der Waals surface area contributed by atoms with Crippen molar-refractivity contribution in [1.29, 1.82) is 0 Å². The predicted octanol–water partition coefficient (Wildman–Crippen LogP) is 3.98. The lowest BCUT2D eigenvalue weighted by Gasteiger charge is -2.09. The van der Waals surface area contributed by atoms with Gasteiger partial charge in [-0.15, -0.1) is 0 Å². The van der Waals surface area contributed by atoms with Crippen LogP contribution in [-0.2, 0) is 4.79 Å². The molecule has 20 heavy (non-hydrogen) atoms. The van der Waals surface area contributed by atoms with Crippen LogP contribution < -0.4 is 5.32 Å². The zero-order valence-corrected chi connectivity index (χ0v) is 13.5. The molecule has 0 radical (unpaired) electrons. The summed E-state index contributed by atoms with van der Waals surface area (Å²) in [6.07, 6.45) is 3.33. The highest BCUT2D eigenvalue weighted by Crippen LogP contribution is 2.34. The summed E-state index contributed by atoms with van der Waals surface area (Å²) in [4.78, 5) is 24.9. The lowest BCUT2D eigenvalue weighted by atomic mass is 10.1. The second-order valence-corrected chi connectivity index (χ2v) is 6.13. The van der Waals surface area contributed by atoms with Crippen molar-refractivity contribution in [3.8, 4) is 0 Å². The van der Waals surface area contributed by atoms with Gasteiger partial charge in [0.25, 0.3) is 11.1 Å². The molecule has 0 spiro atoms. The van der Waals surface area contributed by atoms with Crippen LogP contribution in [0.25, 0.3) is 6.08 Å². The molecule has 1 aliphatic heterocycles. The Morgan fingerprint density at radius 3 is 2.65 bits per heavy atom. The van der Waals surface area contributed by atoms with Crippen molar-refractivity contribution in [1.82, 2.24) is 4.90 Å². The van der Waals surface area contributed by atoms with Crippen molar-refractivity contribution in [2.75, 3.05) is 12.4 Å². The minimum Gasteiger partial charge on any atom is -0.362 e. The minimum absolute atomic E-state index is 0.251. The molecule has 6 heteroatoms. The van der Waals surface area contributed by atoms with Crippen molar-refractivity contribution < 1.29 is 9.59 Å². The van der Waals surface area contributed by atoms with E-state index in [1.807, 2.05) is 19.1 Å². The third-order valence-corrected chi connectivity index (χ3v) is 4.52. The number of imide groups is 1. The van der Waals surface area contributed by atoms with Gasteiger partial charge in [0.2, 0.25) is 0 Å². The Labute approximate surface area is 130 Å². The van der Waals surface area contributed by atoms with Crippen LogP contribution in [0.2, 0.25) is 0 Å². The first-order chi connectivity index (χ1) is 9.43. The van der Waals surface area contributed by atoms with Gasteiger partial charge in [0.05, 0.1) is 4.91 Å². The van der Waals surface area contributed by atoms with E-state index in [0.717, 1.165) is 37.9 Å². The summed E-state index contributed by atoms with van der Waals surface area (Å²) >= 11 is 4.42.